The van der Waals surface area contributed by atoms with Crippen LogP contribution in [-0.4, -0.2) is 4.98 Å². The maximum absolute atomic E-state index is 5.82. The minimum absolute atomic E-state index is 0.561. The van der Waals surface area contributed by atoms with E-state index in [-0.39, 0.29) is 0 Å². The van der Waals surface area contributed by atoms with E-state index >= 15 is 0 Å². The fourth-order valence-corrected chi connectivity index (χ4v) is 2.39. The molecule has 100 valence electrons. The molecular weight excluding hydrogens is 316 g/mol. The van der Waals surface area contributed by atoms with E-state index in [1.54, 1.807) is 12.3 Å². The molecule has 0 aliphatic heterocycles. The van der Waals surface area contributed by atoms with Crippen LogP contribution in [0.2, 0.25) is 0 Å². The molecule has 20 heavy (non-hydrogen) atoms. The number of benzene rings is 2. The Labute approximate surface area is 124 Å². The van der Waals surface area contributed by atoms with Crippen molar-refractivity contribution in [1.29, 1.82) is 0 Å². The van der Waals surface area contributed by atoms with Gasteiger partial charge in [0.05, 0.1) is 22.6 Å². The Balaban J connectivity index is 2.04. The minimum Gasteiger partial charge on any atom is -0.397 e. The number of para-hydroxylation sites is 1. The Kier molecular flexibility index (Phi) is 3.20. The average Bonchev–Trinajstić information content (AvgIpc) is 2.43. The van der Waals surface area contributed by atoms with Gasteiger partial charge in [-0.1, -0.05) is 12.1 Å². The van der Waals surface area contributed by atoms with Crippen LogP contribution in [0.4, 0.5) is 22.7 Å². The second-order valence-corrected chi connectivity index (χ2v) is 5.42. The molecule has 0 atom stereocenters. The van der Waals surface area contributed by atoms with Crippen LogP contribution in [0.15, 0.2) is 53.1 Å². The highest BCUT2D eigenvalue weighted by atomic mass is 79.9. The Morgan fingerprint density at radius 1 is 1.00 bits per heavy atom. The van der Waals surface area contributed by atoms with E-state index in [9.17, 15) is 0 Å². The van der Waals surface area contributed by atoms with Crippen LogP contribution in [0, 0.1) is 0 Å². The van der Waals surface area contributed by atoms with Gasteiger partial charge < -0.3 is 16.8 Å². The first-order valence-electron chi connectivity index (χ1n) is 6.10. The minimum atomic E-state index is 0.561. The number of rotatable bonds is 2. The van der Waals surface area contributed by atoms with Gasteiger partial charge in [-0.05, 0) is 46.3 Å². The number of nitrogens with two attached hydrogens (primary N) is 2. The molecule has 0 aliphatic rings. The number of nitrogen functional groups attached to an aromatic ring is 2. The Morgan fingerprint density at radius 3 is 2.65 bits per heavy atom. The third-order valence-corrected chi connectivity index (χ3v) is 3.48. The molecule has 4 nitrogen and oxygen atoms in total. The maximum Gasteiger partial charge on any atom is 0.0937 e. The molecule has 0 unspecified atom stereocenters. The van der Waals surface area contributed by atoms with Gasteiger partial charge in [0.2, 0.25) is 0 Å². The molecule has 0 saturated carbocycles. The second-order valence-electron chi connectivity index (χ2n) is 4.50. The summed E-state index contributed by atoms with van der Waals surface area (Å²) in [5.74, 6) is 0. The zero-order chi connectivity index (χ0) is 14.1. The molecule has 0 aliphatic carbocycles. The van der Waals surface area contributed by atoms with Crippen LogP contribution in [0.25, 0.3) is 10.9 Å². The molecule has 5 N–H and O–H groups in total. The second kappa shape index (κ2) is 5.02. The van der Waals surface area contributed by atoms with Crippen molar-refractivity contribution in [3.63, 3.8) is 0 Å². The standard InChI is InChI=1S/C15H13BrN4/c16-10-6-9-2-1-3-14(15(9)19-8-10)20-11-4-5-12(17)13(18)7-11/h1-8,20H,17-18H2. The number of halogens is 1. The fourth-order valence-electron chi connectivity index (χ4n) is 2.04. The molecule has 0 spiro atoms. The molecular formula is C15H13BrN4. The van der Waals surface area contributed by atoms with E-state index in [4.69, 9.17) is 11.5 Å². The van der Waals surface area contributed by atoms with Gasteiger partial charge in [0.15, 0.2) is 0 Å². The number of nitrogens with one attached hydrogen (secondary N) is 1. The summed E-state index contributed by atoms with van der Waals surface area (Å²) < 4.78 is 0.957. The van der Waals surface area contributed by atoms with Gasteiger partial charge in [0.1, 0.15) is 0 Å². The highest BCUT2D eigenvalue weighted by Gasteiger charge is 2.04. The summed E-state index contributed by atoms with van der Waals surface area (Å²) in [5, 5.41) is 4.38. The molecule has 5 heteroatoms. The lowest BCUT2D eigenvalue weighted by molar-refractivity contribution is 1.38. The first kappa shape index (κ1) is 12.7. The highest BCUT2D eigenvalue weighted by Crippen LogP contribution is 2.28. The smallest absolute Gasteiger partial charge is 0.0937 e. The lowest BCUT2D eigenvalue weighted by Crippen LogP contribution is -1.97. The number of hydrogen-bond donors (Lipinski definition) is 3. The molecule has 2 aromatic carbocycles. The largest absolute Gasteiger partial charge is 0.397 e. The monoisotopic (exact) mass is 328 g/mol. The summed E-state index contributed by atoms with van der Waals surface area (Å²) in [7, 11) is 0. The Morgan fingerprint density at radius 2 is 1.85 bits per heavy atom. The topological polar surface area (TPSA) is 77.0 Å². The third-order valence-electron chi connectivity index (χ3n) is 3.04. The van der Waals surface area contributed by atoms with Gasteiger partial charge in [-0.25, -0.2) is 0 Å². The number of pyridine rings is 1. The van der Waals surface area contributed by atoms with Crippen molar-refractivity contribution in [2.24, 2.45) is 0 Å². The van der Waals surface area contributed by atoms with E-state index in [1.807, 2.05) is 36.4 Å². The van der Waals surface area contributed by atoms with Crippen LogP contribution in [-0.2, 0) is 0 Å². The van der Waals surface area contributed by atoms with E-state index in [0.717, 1.165) is 26.8 Å². The predicted octanol–water partition coefficient (Wildman–Crippen LogP) is 3.91. The Bertz CT molecular complexity index is 786. The summed E-state index contributed by atoms with van der Waals surface area (Å²) in [4.78, 5) is 4.45. The van der Waals surface area contributed by atoms with Crippen molar-refractivity contribution in [3.8, 4) is 0 Å². The quantitative estimate of drug-likeness (QED) is 0.623. The summed E-state index contributed by atoms with van der Waals surface area (Å²) in [6.45, 7) is 0. The zero-order valence-electron chi connectivity index (χ0n) is 10.6. The van der Waals surface area contributed by atoms with E-state index < -0.39 is 0 Å². The molecule has 3 aromatic rings. The number of hydrogen-bond acceptors (Lipinski definition) is 4. The average molecular weight is 329 g/mol. The van der Waals surface area contributed by atoms with Gasteiger partial charge in [0, 0.05) is 21.7 Å². The summed E-state index contributed by atoms with van der Waals surface area (Å²) >= 11 is 3.43. The van der Waals surface area contributed by atoms with Crippen LogP contribution in [0.3, 0.4) is 0 Å². The van der Waals surface area contributed by atoms with E-state index in [0.29, 0.717) is 11.4 Å². The van der Waals surface area contributed by atoms with Gasteiger partial charge in [0.25, 0.3) is 0 Å². The van der Waals surface area contributed by atoms with Crippen molar-refractivity contribution < 1.29 is 0 Å². The van der Waals surface area contributed by atoms with Gasteiger partial charge in [-0.15, -0.1) is 0 Å². The van der Waals surface area contributed by atoms with Gasteiger partial charge in [-0.3, -0.25) is 4.98 Å². The third kappa shape index (κ3) is 2.40. The molecule has 0 radical (unpaired) electrons. The van der Waals surface area contributed by atoms with Crippen molar-refractivity contribution in [2.75, 3.05) is 16.8 Å². The Hall–Kier alpha value is -2.27. The van der Waals surface area contributed by atoms with Crippen LogP contribution >= 0.6 is 15.9 Å². The number of fused-ring (bicyclic) bond motifs is 1. The predicted molar refractivity (Wildman–Crippen MR) is 88.0 cm³/mol. The number of aromatic nitrogens is 1. The van der Waals surface area contributed by atoms with E-state index in [2.05, 4.69) is 26.2 Å². The maximum atomic E-state index is 5.82. The first-order chi connectivity index (χ1) is 9.63. The zero-order valence-corrected chi connectivity index (χ0v) is 12.2. The fraction of sp³-hybridized carbons (Fsp3) is 0. The van der Waals surface area contributed by atoms with E-state index in [1.165, 1.54) is 0 Å². The molecule has 3 rings (SSSR count). The van der Waals surface area contributed by atoms with Crippen LogP contribution < -0.4 is 16.8 Å². The lowest BCUT2D eigenvalue weighted by Gasteiger charge is -2.10. The number of nitrogens with zero attached hydrogens (tertiary/aromatic N) is 1. The van der Waals surface area contributed by atoms with Crippen LogP contribution in [0.5, 0.6) is 0 Å². The van der Waals surface area contributed by atoms with Crippen molar-refractivity contribution >= 4 is 49.6 Å². The molecule has 0 fully saturated rings. The molecule has 0 saturated heterocycles. The molecule has 1 heterocycles. The van der Waals surface area contributed by atoms with Gasteiger partial charge >= 0.3 is 0 Å². The van der Waals surface area contributed by atoms with Crippen molar-refractivity contribution in [2.45, 2.75) is 0 Å². The number of anilines is 4. The molecule has 1 aromatic heterocycles. The van der Waals surface area contributed by atoms with Crippen molar-refractivity contribution in [1.82, 2.24) is 4.98 Å². The molecule has 0 bridgehead atoms. The summed E-state index contributed by atoms with van der Waals surface area (Å²) in [6.07, 6.45) is 1.78. The summed E-state index contributed by atoms with van der Waals surface area (Å²) in [5.41, 5.74) is 15.4. The van der Waals surface area contributed by atoms with Crippen LogP contribution in [0.1, 0.15) is 0 Å². The summed E-state index contributed by atoms with van der Waals surface area (Å²) in [6, 6.07) is 13.5. The van der Waals surface area contributed by atoms with Gasteiger partial charge in [-0.2, -0.15) is 0 Å². The normalized spacial score (nSPS) is 10.7. The van der Waals surface area contributed by atoms with Crippen molar-refractivity contribution in [3.05, 3.63) is 53.1 Å². The SMILES string of the molecule is Nc1ccc(Nc2cccc3cc(Br)cnc23)cc1N. The molecule has 0 amide bonds. The lowest BCUT2D eigenvalue weighted by atomic mass is 10.2. The highest BCUT2D eigenvalue weighted by molar-refractivity contribution is 9.10. The first-order valence-corrected chi connectivity index (χ1v) is 6.89.